The van der Waals surface area contributed by atoms with Crippen molar-refractivity contribution >= 4 is 15.9 Å². The van der Waals surface area contributed by atoms with Gasteiger partial charge in [0.15, 0.2) is 0 Å². The van der Waals surface area contributed by atoms with Crippen molar-refractivity contribution in [2.45, 2.75) is 32.6 Å². The molecule has 0 saturated heterocycles. The highest BCUT2D eigenvalue weighted by Crippen LogP contribution is 2.23. The number of ether oxygens (including phenoxy) is 1. The Morgan fingerprint density at radius 1 is 1.41 bits per heavy atom. The maximum Gasteiger partial charge on any atom is 0.0556 e. The van der Waals surface area contributed by atoms with E-state index in [0.29, 0.717) is 6.61 Å². The molecule has 1 aromatic rings. The van der Waals surface area contributed by atoms with E-state index in [-0.39, 0.29) is 12.5 Å². The molecule has 1 atom stereocenters. The normalized spacial score (nSPS) is 12.7. The van der Waals surface area contributed by atoms with E-state index >= 15 is 0 Å². The van der Waals surface area contributed by atoms with Crippen molar-refractivity contribution in [1.29, 1.82) is 0 Å². The maximum atomic E-state index is 9.44. The first-order chi connectivity index (χ1) is 8.19. The molecule has 0 heterocycles. The standard InChI is InChI=1S/C14H21BrO2/c1-3-4-7-17-10-12(9-16)14-6-5-13(15)8-11(14)2/h5-6,8,12,16H,3-4,7,9-10H2,1-2H3/t12-/m0/s1. The number of unbranched alkanes of at least 4 members (excludes halogenated alkanes) is 1. The summed E-state index contributed by atoms with van der Waals surface area (Å²) in [5, 5.41) is 9.44. The van der Waals surface area contributed by atoms with E-state index in [9.17, 15) is 5.11 Å². The number of hydrogen-bond donors (Lipinski definition) is 1. The van der Waals surface area contributed by atoms with Crippen LogP contribution in [0.5, 0.6) is 0 Å². The second kappa shape index (κ2) is 7.85. The lowest BCUT2D eigenvalue weighted by Gasteiger charge is -2.17. The molecule has 0 spiro atoms. The van der Waals surface area contributed by atoms with Gasteiger partial charge in [-0.05, 0) is 36.6 Å². The average Bonchev–Trinajstić information content (AvgIpc) is 2.31. The second-order valence-corrected chi connectivity index (χ2v) is 5.22. The van der Waals surface area contributed by atoms with Crippen LogP contribution in [0.2, 0.25) is 0 Å². The van der Waals surface area contributed by atoms with Crippen LogP contribution in [0.15, 0.2) is 22.7 Å². The van der Waals surface area contributed by atoms with Crippen LogP contribution in [0, 0.1) is 6.92 Å². The predicted octanol–water partition coefficient (Wildman–Crippen LogP) is 3.65. The Labute approximate surface area is 112 Å². The topological polar surface area (TPSA) is 29.5 Å². The first kappa shape index (κ1) is 14.7. The van der Waals surface area contributed by atoms with Gasteiger partial charge >= 0.3 is 0 Å². The highest BCUT2D eigenvalue weighted by atomic mass is 79.9. The van der Waals surface area contributed by atoms with E-state index in [1.54, 1.807) is 0 Å². The summed E-state index contributed by atoms with van der Waals surface area (Å²) in [6.07, 6.45) is 2.22. The zero-order valence-electron chi connectivity index (χ0n) is 10.6. The summed E-state index contributed by atoms with van der Waals surface area (Å²) in [5.41, 5.74) is 2.37. The van der Waals surface area contributed by atoms with Gasteiger partial charge in [0.05, 0.1) is 13.2 Å². The third kappa shape index (κ3) is 4.78. The van der Waals surface area contributed by atoms with Crippen molar-refractivity contribution in [2.75, 3.05) is 19.8 Å². The van der Waals surface area contributed by atoms with E-state index in [4.69, 9.17) is 4.74 Å². The molecule has 1 N–H and O–H groups in total. The van der Waals surface area contributed by atoms with Gasteiger partial charge in [0.1, 0.15) is 0 Å². The van der Waals surface area contributed by atoms with Gasteiger partial charge in [0, 0.05) is 17.0 Å². The number of aliphatic hydroxyl groups is 1. The van der Waals surface area contributed by atoms with Crippen LogP contribution >= 0.6 is 15.9 Å². The fourth-order valence-corrected chi connectivity index (χ4v) is 2.29. The minimum atomic E-state index is 0.0833. The largest absolute Gasteiger partial charge is 0.396 e. The monoisotopic (exact) mass is 300 g/mol. The molecule has 1 rings (SSSR count). The summed E-state index contributed by atoms with van der Waals surface area (Å²) in [6.45, 7) is 5.72. The van der Waals surface area contributed by atoms with Gasteiger partial charge in [-0.1, -0.05) is 35.3 Å². The van der Waals surface area contributed by atoms with Gasteiger partial charge in [0.2, 0.25) is 0 Å². The van der Waals surface area contributed by atoms with Crippen molar-refractivity contribution in [3.63, 3.8) is 0 Å². The van der Waals surface area contributed by atoms with E-state index < -0.39 is 0 Å². The Balaban J connectivity index is 2.59. The molecule has 3 heteroatoms. The Morgan fingerprint density at radius 2 is 2.18 bits per heavy atom. The minimum Gasteiger partial charge on any atom is -0.396 e. The molecule has 0 unspecified atom stereocenters. The van der Waals surface area contributed by atoms with Crippen LogP contribution in [0.3, 0.4) is 0 Å². The lowest BCUT2D eigenvalue weighted by atomic mass is 9.96. The van der Waals surface area contributed by atoms with Crippen molar-refractivity contribution in [1.82, 2.24) is 0 Å². The third-order valence-corrected chi connectivity index (χ3v) is 3.35. The predicted molar refractivity (Wildman–Crippen MR) is 74.4 cm³/mol. The van der Waals surface area contributed by atoms with Gasteiger partial charge in [0.25, 0.3) is 0 Å². The Kier molecular flexibility index (Phi) is 6.78. The molecule has 0 bridgehead atoms. The van der Waals surface area contributed by atoms with Crippen molar-refractivity contribution in [2.24, 2.45) is 0 Å². The first-order valence-corrected chi connectivity index (χ1v) is 6.93. The Morgan fingerprint density at radius 3 is 2.76 bits per heavy atom. The van der Waals surface area contributed by atoms with Crippen molar-refractivity contribution in [3.05, 3.63) is 33.8 Å². The molecule has 0 amide bonds. The SMILES string of the molecule is CCCCOC[C@H](CO)c1ccc(Br)cc1C. The van der Waals surface area contributed by atoms with Crippen LogP contribution < -0.4 is 0 Å². The molecule has 96 valence electrons. The summed E-state index contributed by atoms with van der Waals surface area (Å²) < 4.78 is 6.67. The quantitative estimate of drug-likeness (QED) is 0.779. The summed E-state index contributed by atoms with van der Waals surface area (Å²) in [4.78, 5) is 0. The molecule has 0 aromatic heterocycles. The van der Waals surface area contributed by atoms with Crippen LogP contribution in [0.1, 0.15) is 36.8 Å². The molecular weight excluding hydrogens is 280 g/mol. The average molecular weight is 301 g/mol. The molecule has 0 aliphatic heterocycles. The Hall–Kier alpha value is -0.380. The van der Waals surface area contributed by atoms with Gasteiger partial charge in [-0.15, -0.1) is 0 Å². The van der Waals surface area contributed by atoms with Gasteiger partial charge in [-0.2, -0.15) is 0 Å². The van der Waals surface area contributed by atoms with E-state index in [1.165, 1.54) is 11.1 Å². The molecule has 17 heavy (non-hydrogen) atoms. The molecule has 0 aliphatic rings. The lowest BCUT2D eigenvalue weighted by Crippen LogP contribution is -2.14. The van der Waals surface area contributed by atoms with Crippen molar-refractivity contribution in [3.8, 4) is 0 Å². The van der Waals surface area contributed by atoms with Gasteiger partial charge in [-0.25, -0.2) is 0 Å². The highest BCUT2D eigenvalue weighted by molar-refractivity contribution is 9.10. The number of hydrogen-bond acceptors (Lipinski definition) is 2. The summed E-state index contributed by atoms with van der Waals surface area (Å²) in [7, 11) is 0. The van der Waals surface area contributed by atoms with Gasteiger partial charge in [-0.3, -0.25) is 0 Å². The fourth-order valence-electron chi connectivity index (χ4n) is 1.81. The second-order valence-electron chi connectivity index (χ2n) is 4.31. The van der Waals surface area contributed by atoms with Crippen molar-refractivity contribution < 1.29 is 9.84 Å². The van der Waals surface area contributed by atoms with Crippen LogP contribution in [0.4, 0.5) is 0 Å². The van der Waals surface area contributed by atoms with Crippen LogP contribution in [0.25, 0.3) is 0 Å². The summed E-state index contributed by atoms with van der Waals surface area (Å²) >= 11 is 3.45. The number of aliphatic hydroxyl groups excluding tert-OH is 1. The van der Waals surface area contributed by atoms with Crippen LogP contribution in [-0.4, -0.2) is 24.9 Å². The smallest absolute Gasteiger partial charge is 0.0556 e. The molecule has 1 aromatic carbocycles. The number of benzene rings is 1. The zero-order valence-corrected chi connectivity index (χ0v) is 12.2. The first-order valence-electron chi connectivity index (χ1n) is 6.13. The summed E-state index contributed by atoms with van der Waals surface area (Å²) in [5.74, 6) is 0.0833. The third-order valence-electron chi connectivity index (χ3n) is 2.85. The fraction of sp³-hybridized carbons (Fsp3) is 0.571. The number of rotatable bonds is 7. The van der Waals surface area contributed by atoms with Gasteiger partial charge < -0.3 is 9.84 Å². The lowest BCUT2D eigenvalue weighted by molar-refractivity contribution is 0.0972. The molecular formula is C14H21BrO2. The zero-order chi connectivity index (χ0) is 12.7. The number of aryl methyl sites for hydroxylation is 1. The molecule has 0 fully saturated rings. The number of halogens is 1. The maximum absolute atomic E-state index is 9.44. The molecule has 0 saturated carbocycles. The van der Waals surface area contributed by atoms with E-state index in [2.05, 4.69) is 41.9 Å². The molecule has 0 aliphatic carbocycles. The highest BCUT2D eigenvalue weighted by Gasteiger charge is 2.13. The Bertz CT molecular complexity index is 339. The van der Waals surface area contributed by atoms with Crippen LogP contribution in [-0.2, 0) is 4.74 Å². The van der Waals surface area contributed by atoms with E-state index in [1.807, 2.05) is 6.07 Å². The summed E-state index contributed by atoms with van der Waals surface area (Å²) in [6, 6.07) is 6.14. The minimum absolute atomic E-state index is 0.0833. The molecule has 2 nitrogen and oxygen atoms in total. The van der Waals surface area contributed by atoms with E-state index in [0.717, 1.165) is 23.9 Å². The molecule has 0 radical (unpaired) electrons.